The van der Waals surface area contributed by atoms with Crippen LogP contribution < -0.4 is 14.2 Å². The van der Waals surface area contributed by atoms with Gasteiger partial charge in [0.1, 0.15) is 11.5 Å². The van der Waals surface area contributed by atoms with Crippen LogP contribution in [0, 0.1) is 6.92 Å². The molecule has 22 heavy (non-hydrogen) atoms. The van der Waals surface area contributed by atoms with Gasteiger partial charge >= 0.3 is 0 Å². The second kappa shape index (κ2) is 6.46. The maximum Gasteiger partial charge on any atom is 0.262 e. The fourth-order valence-electron chi connectivity index (χ4n) is 1.92. The molecule has 118 valence electrons. The van der Waals surface area contributed by atoms with Crippen molar-refractivity contribution in [3.05, 3.63) is 47.0 Å². The Kier molecular flexibility index (Phi) is 4.83. The van der Waals surface area contributed by atoms with Crippen molar-refractivity contribution in [3.8, 4) is 11.5 Å². The van der Waals surface area contributed by atoms with Crippen molar-refractivity contribution < 1.29 is 17.9 Å². The molecule has 0 atom stereocenters. The molecule has 0 unspecified atom stereocenters. The van der Waals surface area contributed by atoms with E-state index in [4.69, 9.17) is 21.1 Å². The van der Waals surface area contributed by atoms with Gasteiger partial charge in [-0.1, -0.05) is 17.7 Å². The zero-order chi connectivity index (χ0) is 16.3. The molecule has 0 aliphatic rings. The number of hydrogen-bond donors (Lipinski definition) is 1. The summed E-state index contributed by atoms with van der Waals surface area (Å²) in [5.74, 6) is 0.850. The molecular weight excluding hydrogens is 326 g/mol. The van der Waals surface area contributed by atoms with Crippen molar-refractivity contribution in [2.45, 2.75) is 11.8 Å². The predicted octanol–water partition coefficient (Wildman–Crippen LogP) is 3.47. The summed E-state index contributed by atoms with van der Waals surface area (Å²) in [7, 11) is -0.838. The van der Waals surface area contributed by atoms with Gasteiger partial charge in [-0.15, -0.1) is 0 Å². The monoisotopic (exact) mass is 341 g/mol. The number of nitrogens with one attached hydrogen (secondary N) is 1. The Hall–Kier alpha value is -1.92. The van der Waals surface area contributed by atoms with Crippen LogP contribution in [0.1, 0.15) is 5.56 Å². The van der Waals surface area contributed by atoms with Crippen LogP contribution >= 0.6 is 11.6 Å². The molecule has 1 N–H and O–H groups in total. The molecule has 0 aromatic heterocycles. The van der Waals surface area contributed by atoms with E-state index in [1.807, 2.05) is 13.0 Å². The third-order valence-corrected chi connectivity index (χ3v) is 4.69. The maximum atomic E-state index is 12.5. The molecule has 0 bridgehead atoms. The largest absolute Gasteiger partial charge is 0.495 e. The quantitative estimate of drug-likeness (QED) is 0.904. The average Bonchev–Trinajstić information content (AvgIpc) is 2.47. The zero-order valence-electron chi connectivity index (χ0n) is 12.4. The number of methoxy groups -OCH3 is 2. The third kappa shape index (κ3) is 3.45. The highest BCUT2D eigenvalue weighted by Crippen LogP contribution is 2.30. The lowest BCUT2D eigenvalue weighted by molar-refractivity contribution is 0.414. The van der Waals surface area contributed by atoms with Crippen LogP contribution in [0.25, 0.3) is 0 Å². The highest BCUT2D eigenvalue weighted by Gasteiger charge is 2.18. The minimum absolute atomic E-state index is 0.0434. The van der Waals surface area contributed by atoms with E-state index in [1.54, 1.807) is 12.1 Å². The molecule has 5 nitrogen and oxygen atoms in total. The lowest BCUT2D eigenvalue weighted by Gasteiger charge is -2.13. The molecular formula is C15H16ClNO4S. The minimum Gasteiger partial charge on any atom is -0.495 e. The molecule has 0 heterocycles. The Morgan fingerprint density at radius 2 is 1.64 bits per heavy atom. The van der Waals surface area contributed by atoms with Gasteiger partial charge in [-0.3, -0.25) is 4.72 Å². The number of halogens is 1. The van der Waals surface area contributed by atoms with Gasteiger partial charge in [0, 0.05) is 0 Å². The molecule has 7 heteroatoms. The predicted molar refractivity (Wildman–Crippen MR) is 86.5 cm³/mol. The Morgan fingerprint density at radius 3 is 2.23 bits per heavy atom. The Morgan fingerprint density at radius 1 is 1.00 bits per heavy atom. The first-order chi connectivity index (χ1) is 10.4. The number of aryl methyl sites for hydroxylation is 1. The normalized spacial score (nSPS) is 11.1. The Balaban J connectivity index is 2.40. The van der Waals surface area contributed by atoms with Gasteiger partial charge < -0.3 is 9.47 Å². The summed E-state index contributed by atoms with van der Waals surface area (Å²) >= 11 is 5.98. The molecule has 2 aromatic carbocycles. The smallest absolute Gasteiger partial charge is 0.262 e. The summed E-state index contributed by atoms with van der Waals surface area (Å²) in [6.07, 6.45) is 0. The van der Waals surface area contributed by atoms with Gasteiger partial charge in [0.15, 0.2) is 0 Å². The van der Waals surface area contributed by atoms with Gasteiger partial charge in [0.2, 0.25) is 0 Å². The Bertz CT molecular complexity index is 790. The first-order valence-electron chi connectivity index (χ1n) is 6.38. The number of benzene rings is 2. The van der Waals surface area contributed by atoms with Crippen LogP contribution in [0.2, 0.25) is 5.02 Å². The van der Waals surface area contributed by atoms with E-state index in [-0.39, 0.29) is 9.92 Å². The van der Waals surface area contributed by atoms with E-state index in [9.17, 15) is 8.42 Å². The SMILES string of the molecule is COc1ccc(S(=O)(=O)Nc2cc(C)ccc2OC)cc1Cl. The minimum atomic E-state index is -3.78. The summed E-state index contributed by atoms with van der Waals surface area (Å²) in [5, 5.41) is 0.224. The second-order valence-corrected chi connectivity index (χ2v) is 6.70. The number of hydrogen-bond acceptors (Lipinski definition) is 4. The van der Waals surface area contributed by atoms with Gasteiger partial charge in [-0.25, -0.2) is 8.42 Å². The van der Waals surface area contributed by atoms with E-state index < -0.39 is 10.0 Å². The van der Waals surface area contributed by atoms with Crippen molar-refractivity contribution >= 4 is 27.3 Å². The van der Waals surface area contributed by atoms with E-state index in [1.165, 1.54) is 32.4 Å². The van der Waals surface area contributed by atoms with Gasteiger partial charge in [-0.05, 0) is 42.8 Å². The van der Waals surface area contributed by atoms with E-state index in [2.05, 4.69) is 4.72 Å². The number of anilines is 1. The van der Waals surface area contributed by atoms with Crippen molar-refractivity contribution in [2.75, 3.05) is 18.9 Å². The average molecular weight is 342 g/mol. The lowest BCUT2D eigenvalue weighted by Crippen LogP contribution is -2.13. The van der Waals surface area contributed by atoms with Crippen molar-refractivity contribution in [3.63, 3.8) is 0 Å². The van der Waals surface area contributed by atoms with Crippen molar-refractivity contribution in [1.29, 1.82) is 0 Å². The molecule has 0 aliphatic carbocycles. The molecule has 0 saturated heterocycles. The summed E-state index contributed by atoms with van der Waals surface area (Å²) < 4.78 is 37.6. The van der Waals surface area contributed by atoms with E-state index in [0.29, 0.717) is 17.2 Å². The second-order valence-electron chi connectivity index (χ2n) is 4.61. The van der Waals surface area contributed by atoms with Crippen LogP contribution in [0.3, 0.4) is 0 Å². The topological polar surface area (TPSA) is 64.6 Å². The summed E-state index contributed by atoms with van der Waals surface area (Å²) in [6, 6.07) is 9.50. The molecule has 2 aromatic rings. The first-order valence-corrected chi connectivity index (χ1v) is 8.24. The molecule has 0 aliphatic heterocycles. The van der Waals surface area contributed by atoms with E-state index >= 15 is 0 Å². The van der Waals surface area contributed by atoms with Crippen LogP contribution in [-0.4, -0.2) is 22.6 Å². The fourth-order valence-corrected chi connectivity index (χ4v) is 3.33. The number of sulfonamides is 1. The van der Waals surface area contributed by atoms with Gasteiger partial charge in [0.25, 0.3) is 10.0 Å². The van der Waals surface area contributed by atoms with Crippen LogP contribution in [0.5, 0.6) is 11.5 Å². The molecule has 2 rings (SSSR count). The van der Waals surface area contributed by atoms with Gasteiger partial charge in [-0.2, -0.15) is 0 Å². The molecule has 0 amide bonds. The summed E-state index contributed by atoms with van der Waals surface area (Å²) in [4.78, 5) is 0.0434. The standard InChI is InChI=1S/C15H16ClNO4S/c1-10-4-6-15(21-3)13(8-10)17-22(18,19)11-5-7-14(20-2)12(16)9-11/h4-9,17H,1-3H3. The molecule has 0 fully saturated rings. The highest BCUT2D eigenvalue weighted by atomic mass is 35.5. The first kappa shape index (κ1) is 16.5. The molecule has 0 spiro atoms. The van der Waals surface area contributed by atoms with Gasteiger partial charge in [0.05, 0.1) is 29.8 Å². The lowest BCUT2D eigenvalue weighted by atomic mass is 10.2. The maximum absolute atomic E-state index is 12.5. The highest BCUT2D eigenvalue weighted by molar-refractivity contribution is 7.92. The Labute approximate surface area is 134 Å². The van der Waals surface area contributed by atoms with Crippen molar-refractivity contribution in [2.24, 2.45) is 0 Å². The molecule has 0 saturated carbocycles. The van der Waals surface area contributed by atoms with Crippen LogP contribution in [0.4, 0.5) is 5.69 Å². The van der Waals surface area contributed by atoms with Crippen molar-refractivity contribution in [1.82, 2.24) is 0 Å². The van der Waals surface area contributed by atoms with E-state index in [0.717, 1.165) is 5.56 Å². The zero-order valence-corrected chi connectivity index (χ0v) is 14.0. The van der Waals surface area contributed by atoms with Crippen LogP contribution in [0.15, 0.2) is 41.3 Å². The number of rotatable bonds is 5. The number of ether oxygens (including phenoxy) is 2. The fraction of sp³-hybridized carbons (Fsp3) is 0.200. The third-order valence-electron chi connectivity index (χ3n) is 3.03. The summed E-state index contributed by atoms with van der Waals surface area (Å²) in [6.45, 7) is 1.86. The van der Waals surface area contributed by atoms with Crippen LogP contribution in [-0.2, 0) is 10.0 Å². The summed E-state index contributed by atoms with van der Waals surface area (Å²) in [5.41, 5.74) is 1.28. The molecule has 0 radical (unpaired) electrons.